The first-order valence-electron chi connectivity index (χ1n) is 12.8. The lowest BCUT2D eigenvalue weighted by Gasteiger charge is -2.34. The second kappa shape index (κ2) is 9.71. The van der Waals surface area contributed by atoms with Crippen molar-refractivity contribution < 1.29 is 13.5 Å². The van der Waals surface area contributed by atoms with Crippen LogP contribution in [0, 0.1) is 11.6 Å². The van der Waals surface area contributed by atoms with Crippen LogP contribution in [0.4, 0.5) is 32.1 Å². The van der Waals surface area contributed by atoms with Crippen LogP contribution < -0.4 is 19.9 Å². The molecule has 2 aliphatic heterocycles. The molecule has 198 valence electrons. The van der Waals surface area contributed by atoms with Crippen LogP contribution in [0.25, 0.3) is 22.3 Å². The molecule has 0 amide bonds. The smallest absolute Gasteiger partial charge is 0.230 e. The van der Waals surface area contributed by atoms with Crippen molar-refractivity contribution in [3.05, 3.63) is 48.2 Å². The fourth-order valence-corrected chi connectivity index (χ4v) is 5.03. The average molecular weight is 521 g/mol. The maximum Gasteiger partial charge on any atom is 0.230 e. The number of hydrogen-bond acceptors (Lipinski definition) is 8. The SMILES string of the molecule is CC(C)N1CCOc2c(F)cc(-c3nc(Nc4nc5ccc(N6CCN(C)CC6)cc5[nH]4)ncc3F)cc21. The van der Waals surface area contributed by atoms with Gasteiger partial charge in [0.05, 0.1) is 29.5 Å². The molecular weight excluding hydrogens is 490 g/mol. The number of aromatic amines is 1. The van der Waals surface area contributed by atoms with E-state index in [2.05, 4.69) is 54.2 Å². The van der Waals surface area contributed by atoms with E-state index >= 15 is 0 Å². The van der Waals surface area contributed by atoms with E-state index in [1.54, 1.807) is 6.07 Å². The van der Waals surface area contributed by atoms with Gasteiger partial charge in [-0.2, -0.15) is 0 Å². The molecule has 38 heavy (non-hydrogen) atoms. The van der Waals surface area contributed by atoms with Crippen molar-refractivity contribution in [1.82, 2.24) is 24.8 Å². The van der Waals surface area contributed by atoms with Crippen LogP contribution in [-0.2, 0) is 0 Å². The zero-order chi connectivity index (χ0) is 26.4. The van der Waals surface area contributed by atoms with E-state index in [-0.39, 0.29) is 23.4 Å². The number of halogens is 2. The number of ether oxygens (including phenoxy) is 1. The van der Waals surface area contributed by atoms with Crippen molar-refractivity contribution >= 4 is 34.3 Å². The standard InChI is InChI=1S/C27H30F2N8O/c1-16(2)37-10-11-38-25-19(28)12-17(13-23(25)37)24-20(29)15-30-26(33-24)34-27-31-21-5-4-18(14-22(21)32-27)36-8-6-35(3)7-9-36/h4-5,12-16H,6-11H2,1-3H3,(H2,30,31,32,33,34). The Bertz CT molecular complexity index is 1480. The van der Waals surface area contributed by atoms with Gasteiger partial charge in [0, 0.05) is 43.5 Å². The van der Waals surface area contributed by atoms with Crippen LogP contribution in [0.1, 0.15) is 13.8 Å². The number of nitrogens with one attached hydrogen (secondary N) is 2. The fraction of sp³-hybridized carbons (Fsp3) is 0.370. The summed E-state index contributed by atoms with van der Waals surface area (Å²) in [6.07, 6.45) is 1.08. The third-order valence-corrected chi connectivity index (χ3v) is 7.12. The quantitative estimate of drug-likeness (QED) is 0.401. The number of anilines is 4. The summed E-state index contributed by atoms with van der Waals surface area (Å²) in [5.74, 6) is -0.438. The Hall–Kier alpha value is -3.99. The van der Waals surface area contributed by atoms with Crippen LogP contribution in [-0.4, -0.2) is 77.3 Å². The summed E-state index contributed by atoms with van der Waals surface area (Å²) in [4.78, 5) is 23.0. The van der Waals surface area contributed by atoms with E-state index in [0.29, 0.717) is 30.4 Å². The lowest BCUT2D eigenvalue weighted by atomic mass is 10.1. The number of benzene rings is 2. The van der Waals surface area contributed by atoms with Gasteiger partial charge in [-0.05, 0) is 51.2 Å². The van der Waals surface area contributed by atoms with Crippen LogP contribution in [0.5, 0.6) is 5.75 Å². The maximum absolute atomic E-state index is 15.0. The number of aromatic nitrogens is 4. The lowest BCUT2D eigenvalue weighted by Crippen LogP contribution is -2.44. The highest BCUT2D eigenvalue weighted by Gasteiger charge is 2.26. The van der Waals surface area contributed by atoms with Gasteiger partial charge in [0.1, 0.15) is 12.3 Å². The first-order valence-corrected chi connectivity index (χ1v) is 12.8. The van der Waals surface area contributed by atoms with Gasteiger partial charge >= 0.3 is 0 Å². The van der Waals surface area contributed by atoms with E-state index in [0.717, 1.165) is 49.1 Å². The van der Waals surface area contributed by atoms with Crippen LogP contribution in [0.15, 0.2) is 36.5 Å². The summed E-state index contributed by atoms with van der Waals surface area (Å²) in [5.41, 5.74) is 3.68. The minimum atomic E-state index is -0.649. The highest BCUT2D eigenvalue weighted by Crippen LogP contribution is 2.39. The van der Waals surface area contributed by atoms with Gasteiger partial charge in [-0.25, -0.2) is 23.7 Å². The van der Waals surface area contributed by atoms with E-state index in [1.807, 2.05) is 24.8 Å². The second-order valence-corrected chi connectivity index (χ2v) is 10.0. The summed E-state index contributed by atoms with van der Waals surface area (Å²) < 4.78 is 35.4. The molecule has 0 aliphatic carbocycles. The predicted molar refractivity (Wildman–Crippen MR) is 144 cm³/mol. The molecule has 1 saturated heterocycles. The van der Waals surface area contributed by atoms with Crippen molar-refractivity contribution in [2.24, 2.45) is 0 Å². The number of fused-ring (bicyclic) bond motifs is 2. The molecule has 0 atom stereocenters. The Balaban J connectivity index is 1.28. The van der Waals surface area contributed by atoms with E-state index < -0.39 is 11.6 Å². The van der Waals surface area contributed by atoms with Crippen LogP contribution in [0.2, 0.25) is 0 Å². The Morgan fingerprint density at radius 2 is 1.82 bits per heavy atom. The number of nitrogens with zero attached hydrogens (tertiary/aromatic N) is 6. The number of hydrogen-bond donors (Lipinski definition) is 2. The van der Waals surface area contributed by atoms with Gasteiger partial charge < -0.3 is 24.4 Å². The number of H-pyrrole nitrogens is 1. The molecule has 4 aromatic rings. The van der Waals surface area contributed by atoms with Crippen molar-refractivity contribution in [2.45, 2.75) is 19.9 Å². The molecule has 2 aromatic heterocycles. The largest absolute Gasteiger partial charge is 0.486 e. The number of likely N-dealkylation sites (N-methyl/N-ethyl adjacent to an activating group) is 1. The molecule has 0 unspecified atom stereocenters. The number of imidazole rings is 1. The second-order valence-electron chi connectivity index (χ2n) is 10.0. The van der Waals surface area contributed by atoms with Crippen molar-refractivity contribution in [1.29, 1.82) is 0 Å². The Labute approximate surface area is 219 Å². The Morgan fingerprint density at radius 1 is 1.00 bits per heavy atom. The summed E-state index contributed by atoms with van der Waals surface area (Å²) in [6.45, 7) is 9.04. The zero-order valence-corrected chi connectivity index (χ0v) is 21.6. The molecule has 0 bridgehead atoms. The first-order chi connectivity index (χ1) is 18.4. The number of rotatable bonds is 5. The number of piperazine rings is 1. The van der Waals surface area contributed by atoms with Gasteiger partial charge in [0.25, 0.3) is 0 Å². The van der Waals surface area contributed by atoms with E-state index in [9.17, 15) is 8.78 Å². The molecule has 2 aromatic carbocycles. The minimum absolute atomic E-state index is 0.00746. The third kappa shape index (κ3) is 4.58. The van der Waals surface area contributed by atoms with Crippen LogP contribution >= 0.6 is 0 Å². The highest BCUT2D eigenvalue weighted by molar-refractivity contribution is 5.82. The van der Waals surface area contributed by atoms with Gasteiger partial charge in [0.15, 0.2) is 17.4 Å². The van der Waals surface area contributed by atoms with Crippen molar-refractivity contribution in [2.75, 3.05) is 61.5 Å². The molecule has 4 heterocycles. The average Bonchev–Trinajstić information content (AvgIpc) is 3.31. The van der Waals surface area contributed by atoms with Gasteiger partial charge in [-0.1, -0.05) is 0 Å². The topological polar surface area (TPSA) is 85.4 Å². The van der Waals surface area contributed by atoms with Gasteiger partial charge in [0.2, 0.25) is 11.9 Å². The van der Waals surface area contributed by atoms with Crippen molar-refractivity contribution in [3.8, 4) is 17.0 Å². The van der Waals surface area contributed by atoms with Gasteiger partial charge in [-0.3, -0.25) is 5.32 Å². The summed E-state index contributed by atoms with van der Waals surface area (Å²) in [5, 5.41) is 3.03. The van der Waals surface area contributed by atoms with Crippen molar-refractivity contribution in [3.63, 3.8) is 0 Å². The van der Waals surface area contributed by atoms with Gasteiger partial charge in [-0.15, -0.1) is 0 Å². The van der Waals surface area contributed by atoms with E-state index in [4.69, 9.17) is 4.74 Å². The molecule has 0 radical (unpaired) electrons. The van der Waals surface area contributed by atoms with Crippen LogP contribution in [0.3, 0.4) is 0 Å². The van der Waals surface area contributed by atoms with E-state index in [1.165, 1.54) is 6.07 Å². The third-order valence-electron chi connectivity index (χ3n) is 7.12. The lowest BCUT2D eigenvalue weighted by molar-refractivity contribution is 0.287. The normalized spacial score (nSPS) is 16.2. The fourth-order valence-electron chi connectivity index (χ4n) is 5.03. The first kappa shape index (κ1) is 24.4. The molecule has 6 rings (SSSR count). The minimum Gasteiger partial charge on any atom is -0.486 e. The molecule has 2 aliphatic rings. The molecule has 9 nitrogen and oxygen atoms in total. The molecule has 0 spiro atoms. The molecule has 11 heteroatoms. The molecule has 1 fully saturated rings. The molecule has 2 N–H and O–H groups in total. The summed E-state index contributed by atoms with van der Waals surface area (Å²) in [7, 11) is 2.13. The maximum atomic E-state index is 15.0. The molecular formula is C27H30F2N8O. The Kier molecular flexibility index (Phi) is 6.22. The molecule has 0 saturated carbocycles. The highest BCUT2D eigenvalue weighted by atomic mass is 19.1. The predicted octanol–water partition coefficient (Wildman–Crippen LogP) is 4.40. The Morgan fingerprint density at radius 3 is 2.61 bits per heavy atom. The zero-order valence-electron chi connectivity index (χ0n) is 21.6. The summed E-state index contributed by atoms with van der Waals surface area (Å²) in [6, 6.07) is 9.21. The monoisotopic (exact) mass is 520 g/mol. The summed E-state index contributed by atoms with van der Waals surface area (Å²) >= 11 is 0.